The lowest BCUT2D eigenvalue weighted by molar-refractivity contribution is -0.118. The summed E-state index contributed by atoms with van der Waals surface area (Å²) in [6.45, 7) is 5.65. The van der Waals surface area contributed by atoms with Gasteiger partial charge in [0.2, 0.25) is 5.91 Å². The average molecular weight is 586 g/mol. The van der Waals surface area contributed by atoms with E-state index in [-0.39, 0.29) is 29.8 Å². The number of aryl methyl sites for hydroxylation is 1. The molecule has 0 aliphatic carbocycles. The third-order valence-corrected chi connectivity index (χ3v) is 8.08. The number of rotatable bonds is 9. The minimum absolute atomic E-state index is 0.0730. The monoisotopic (exact) mass is 585 g/mol. The molecule has 0 saturated carbocycles. The number of urea groups is 1. The van der Waals surface area contributed by atoms with Gasteiger partial charge < -0.3 is 30.2 Å². The van der Waals surface area contributed by atoms with Gasteiger partial charge in [0.25, 0.3) is 0 Å². The highest BCUT2D eigenvalue weighted by Gasteiger charge is 2.33. The predicted molar refractivity (Wildman–Crippen MR) is 168 cm³/mol. The molecule has 4 aromatic rings. The molecule has 5 rings (SSSR count). The Morgan fingerprint density at radius 1 is 1.07 bits per heavy atom. The van der Waals surface area contributed by atoms with Crippen molar-refractivity contribution in [3.63, 3.8) is 0 Å². The third kappa shape index (κ3) is 7.35. The molecule has 0 radical (unpaired) electrons. The lowest BCUT2D eigenvalue weighted by Crippen LogP contribution is -2.53. The number of piperidine rings is 1. The van der Waals surface area contributed by atoms with Gasteiger partial charge in [-0.05, 0) is 74.1 Å². The third-order valence-electron chi connectivity index (χ3n) is 8.08. The second-order valence-corrected chi connectivity index (χ2v) is 11.6. The Bertz CT molecular complexity index is 1560. The van der Waals surface area contributed by atoms with Crippen LogP contribution in [0, 0.1) is 12.7 Å². The van der Waals surface area contributed by atoms with Crippen LogP contribution in [-0.2, 0) is 11.3 Å². The van der Waals surface area contributed by atoms with E-state index in [1.807, 2.05) is 70.5 Å². The molecule has 226 valence electrons. The Morgan fingerprint density at radius 2 is 1.79 bits per heavy atom. The van der Waals surface area contributed by atoms with Crippen molar-refractivity contribution in [1.82, 2.24) is 20.1 Å². The van der Waals surface area contributed by atoms with Gasteiger partial charge in [0.15, 0.2) is 0 Å². The van der Waals surface area contributed by atoms with Gasteiger partial charge in [0.05, 0.1) is 0 Å². The zero-order valence-corrected chi connectivity index (χ0v) is 25.2. The number of para-hydroxylation sites is 1. The second-order valence-electron chi connectivity index (χ2n) is 11.6. The van der Waals surface area contributed by atoms with Gasteiger partial charge >= 0.3 is 6.03 Å². The summed E-state index contributed by atoms with van der Waals surface area (Å²) in [6, 6.07) is 18.9. The van der Waals surface area contributed by atoms with Crippen LogP contribution < -0.4 is 15.4 Å². The summed E-state index contributed by atoms with van der Waals surface area (Å²) in [5.41, 5.74) is 4.70. The molecule has 3 amide bonds. The largest absolute Gasteiger partial charge is 0.490 e. The summed E-state index contributed by atoms with van der Waals surface area (Å²) in [5.74, 6) is -0.287. The molecule has 1 saturated heterocycles. The van der Waals surface area contributed by atoms with Gasteiger partial charge in [-0.1, -0.05) is 37.3 Å². The van der Waals surface area contributed by atoms with Crippen molar-refractivity contribution in [2.24, 2.45) is 0 Å². The average Bonchev–Trinajstić information content (AvgIpc) is 3.43. The van der Waals surface area contributed by atoms with E-state index >= 15 is 0 Å². The molecule has 9 heteroatoms. The number of halogens is 1. The number of ether oxygens (including phenoxy) is 1. The summed E-state index contributed by atoms with van der Waals surface area (Å²) in [7, 11) is 4.01. The first-order chi connectivity index (χ1) is 20.7. The minimum atomic E-state index is -0.822. The molecule has 2 heterocycles. The Balaban J connectivity index is 1.32. The van der Waals surface area contributed by atoms with E-state index in [0.717, 1.165) is 39.8 Å². The normalized spacial score (nSPS) is 15.3. The van der Waals surface area contributed by atoms with E-state index in [0.29, 0.717) is 31.7 Å². The first-order valence-corrected chi connectivity index (χ1v) is 14.8. The maximum atomic E-state index is 14.0. The molecule has 0 bridgehead atoms. The van der Waals surface area contributed by atoms with Crippen LogP contribution in [0.4, 0.5) is 14.9 Å². The van der Waals surface area contributed by atoms with E-state index in [2.05, 4.69) is 26.6 Å². The SMILES string of the molecule is Cc1ccc(CN(C)C)cc1NC(=O)C(NC(=O)N1CCC(Oc2ccc(F)cc2)CC1)C(C)c1c[nH]c2ccccc12. The lowest BCUT2D eigenvalue weighted by atomic mass is 9.92. The topological polar surface area (TPSA) is 89.7 Å². The quantitative estimate of drug-likeness (QED) is 0.223. The van der Waals surface area contributed by atoms with Crippen molar-refractivity contribution >= 4 is 28.5 Å². The number of H-pyrrole nitrogens is 1. The van der Waals surface area contributed by atoms with Crippen molar-refractivity contribution in [3.05, 3.63) is 95.4 Å². The number of benzene rings is 3. The zero-order chi connectivity index (χ0) is 30.5. The Kier molecular flexibility index (Phi) is 9.31. The molecular weight excluding hydrogens is 545 g/mol. The van der Waals surface area contributed by atoms with Crippen LogP contribution in [0.3, 0.4) is 0 Å². The number of carbonyl (C=O) groups excluding carboxylic acids is 2. The van der Waals surface area contributed by atoms with Gasteiger partial charge in [-0.25, -0.2) is 9.18 Å². The van der Waals surface area contributed by atoms with E-state index in [1.165, 1.54) is 12.1 Å². The Labute approximate surface area is 252 Å². The van der Waals surface area contributed by atoms with Crippen molar-refractivity contribution < 1.29 is 18.7 Å². The fourth-order valence-corrected chi connectivity index (χ4v) is 5.65. The summed E-state index contributed by atoms with van der Waals surface area (Å²) in [5, 5.41) is 7.20. The first kappa shape index (κ1) is 30.1. The second kappa shape index (κ2) is 13.3. The number of likely N-dealkylation sites (tertiary alicyclic amines) is 1. The standard InChI is InChI=1S/C34H40FN5O3/c1-22-9-10-24(21-39(3)4)19-31(22)37-33(41)32(23(2)29-20-36-30-8-6-5-7-28(29)30)38-34(42)40-17-15-27(16-18-40)43-26-13-11-25(35)12-14-26/h5-14,19-20,23,27,32,36H,15-18,21H2,1-4H3,(H,37,41)(H,38,42). The number of anilines is 1. The van der Waals surface area contributed by atoms with Crippen LogP contribution in [0.2, 0.25) is 0 Å². The number of amides is 3. The van der Waals surface area contributed by atoms with E-state index in [1.54, 1.807) is 17.0 Å². The number of nitrogens with zero attached hydrogens (tertiary/aromatic N) is 2. The van der Waals surface area contributed by atoms with Crippen LogP contribution in [-0.4, -0.2) is 66.1 Å². The number of fused-ring (bicyclic) bond motifs is 1. The molecule has 3 aromatic carbocycles. The van der Waals surface area contributed by atoms with Crippen LogP contribution in [0.15, 0.2) is 72.9 Å². The van der Waals surface area contributed by atoms with Crippen LogP contribution >= 0.6 is 0 Å². The molecule has 1 aliphatic rings. The maximum Gasteiger partial charge on any atom is 0.318 e. The molecule has 1 aromatic heterocycles. The molecule has 1 fully saturated rings. The molecule has 0 spiro atoms. The Morgan fingerprint density at radius 3 is 2.51 bits per heavy atom. The molecule has 2 atom stereocenters. The number of aromatic nitrogens is 1. The van der Waals surface area contributed by atoms with Crippen molar-refractivity contribution in [1.29, 1.82) is 0 Å². The fourth-order valence-electron chi connectivity index (χ4n) is 5.65. The van der Waals surface area contributed by atoms with Crippen LogP contribution in [0.5, 0.6) is 5.75 Å². The predicted octanol–water partition coefficient (Wildman–Crippen LogP) is 6.04. The molecule has 2 unspecified atom stereocenters. The summed E-state index contributed by atoms with van der Waals surface area (Å²) >= 11 is 0. The number of carbonyl (C=O) groups is 2. The van der Waals surface area contributed by atoms with E-state index in [9.17, 15) is 14.0 Å². The Hall–Kier alpha value is -4.37. The minimum Gasteiger partial charge on any atom is -0.490 e. The molecular formula is C34H40FN5O3. The van der Waals surface area contributed by atoms with E-state index < -0.39 is 6.04 Å². The molecule has 8 nitrogen and oxygen atoms in total. The van der Waals surface area contributed by atoms with Gasteiger partial charge in [-0.3, -0.25) is 4.79 Å². The highest BCUT2D eigenvalue weighted by Crippen LogP contribution is 2.29. The van der Waals surface area contributed by atoms with Gasteiger partial charge in [-0.15, -0.1) is 0 Å². The summed E-state index contributed by atoms with van der Waals surface area (Å²) < 4.78 is 19.3. The number of nitrogens with one attached hydrogen (secondary N) is 3. The number of aromatic amines is 1. The first-order valence-electron chi connectivity index (χ1n) is 14.8. The highest BCUT2D eigenvalue weighted by atomic mass is 19.1. The van der Waals surface area contributed by atoms with Crippen molar-refractivity contribution in [2.45, 2.75) is 51.3 Å². The number of hydrogen-bond donors (Lipinski definition) is 3. The fraction of sp³-hybridized carbons (Fsp3) is 0.353. The smallest absolute Gasteiger partial charge is 0.318 e. The van der Waals surface area contributed by atoms with Gasteiger partial charge in [-0.2, -0.15) is 0 Å². The number of hydrogen-bond acceptors (Lipinski definition) is 4. The zero-order valence-electron chi connectivity index (χ0n) is 25.2. The maximum absolute atomic E-state index is 14.0. The lowest BCUT2D eigenvalue weighted by Gasteiger charge is -2.34. The highest BCUT2D eigenvalue weighted by molar-refractivity contribution is 5.99. The van der Waals surface area contributed by atoms with Crippen LogP contribution in [0.1, 0.15) is 42.4 Å². The van der Waals surface area contributed by atoms with Crippen molar-refractivity contribution in [3.8, 4) is 5.75 Å². The van der Waals surface area contributed by atoms with E-state index in [4.69, 9.17) is 4.74 Å². The summed E-state index contributed by atoms with van der Waals surface area (Å²) in [4.78, 5) is 34.6. The summed E-state index contributed by atoms with van der Waals surface area (Å²) in [6.07, 6.45) is 3.12. The van der Waals surface area contributed by atoms with Gasteiger partial charge in [0, 0.05) is 61.2 Å². The molecule has 43 heavy (non-hydrogen) atoms. The van der Waals surface area contributed by atoms with Crippen LogP contribution in [0.25, 0.3) is 10.9 Å². The van der Waals surface area contributed by atoms with Gasteiger partial charge in [0.1, 0.15) is 23.7 Å². The molecule has 3 N–H and O–H groups in total. The van der Waals surface area contributed by atoms with Crippen molar-refractivity contribution in [2.75, 3.05) is 32.5 Å². The molecule has 1 aliphatic heterocycles.